The molecule has 0 radical (unpaired) electrons. The van der Waals surface area contributed by atoms with Gasteiger partial charge >= 0.3 is 12.0 Å². The molecule has 142 valence electrons. The van der Waals surface area contributed by atoms with Gasteiger partial charge in [0.15, 0.2) is 6.61 Å². The number of nitrogens with one attached hydrogen (secondary N) is 2. The summed E-state index contributed by atoms with van der Waals surface area (Å²) in [6.07, 6.45) is 4.21. The third-order valence-corrected chi connectivity index (χ3v) is 4.59. The number of carbonyl (C=O) groups excluding carboxylic acids is 3. The second-order valence-corrected chi connectivity index (χ2v) is 6.67. The van der Waals surface area contributed by atoms with Crippen LogP contribution in [0, 0.1) is 12.8 Å². The molecule has 0 aromatic heterocycles. The van der Waals surface area contributed by atoms with Gasteiger partial charge in [0.05, 0.1) is 7.11 Å². The number of rotatable bonds is 5. The number of esters is 1. The predicted molar refractivity (Wildman–Crippen MR) is 96.1 cm³/mol. The van der Waals surface area contributed by atoms with Gasteiger partial charge in [0, 0.05) is 6.04 Å². The first kappa shape index (κ1) is 19.8. The topological polar surface area (TPSA) is 93.7 Å². The zero-order chi connectivity index (χ0) is 19.1. The van der Waals surface area contributed by atoms with Gasteiger partial charge in [0.2, 0.25) is 0 Å². The van der Waals surface area contributed by atoms with E-state index in [0.29, 0.717) is 11.7 Å². The minimum absolute atomic E-state index is 0.0654. The van der Waals surface area contributed by atoms with Gasteiger partial charge in [0.25, 0.3) is 5.91 Å². The predicted octanol–water partition coefficient (Wildman–Crippen LogP) is 2.56. The third kappa shape index (κ3) is 5.47. The van der Waals surface area contributed by atoms with Crippen LogP contribution in [0.15, 0.2) is 18.2 Å². The first-order valence-electron chi connectivity index (χ1n) is 8.82. The van der Waals surface area contributed by atoms with Crippen LogP contribution >= 0.6 is 0 Å². The van der Waals surface area contributed by atoms with Crippen molar-refractivity contribution in [2.75, 3.05) is 13.7 Å². The number of urea groups is 1. The number of hydrogen-bond acceptors (Lipinski definition) is 5. The van der Waals surface area contributed by atoms with Gasteiger partial charge < -0.3 is 14.8 Å². The van der Waals surface area contributed by atoms with E-state index in [9.17, 15) is 14.4 Å². The normalized spacial score (nSPS) is 19.3. The number of benzene rings is 1. The molecule has 1 aromatic rings. The van der Waals surface area contributed by atoms with Crippen LogP contribution in [0.5, 0.6) is 5.75 Å². The summed E-state index contributed by atoms with van der Waals surface area (Å²) in [5.74, 6) is -0.603. The summed E-state index contributed by atoms with van der Waals surface area (Å²) >= 11 is 0. The molecule has 2 rings (SSSR count). The highest BCUT2D eigenvalue weighted by atomic mass is 16.5. The maximum atomic E-state index is 12.1. The fraction of sp³-hybridized carbons (Fsp3) is 0.526. The lowest BCUT2D eigenvalue weighted by Crippen LogP contribution is -2.48. The van der Waals surface area contributed by atoms with Gasteiger partial charge in [-0.3, -0.25) is 10.1 Å². The van der Waals surface area contributed by atoms with Crippen LogP contribution in [0.25, 0.3) is 0 Å². The number of hydrogen-bond donors (Lipinski definition) is 2. The summed E-state index contributed by atoms with van der Waals surface area (Å²) in [6.45, 7) is 3.38. The highest BCUT2D eigenvalue weighted by Crippen LogP contribution is 2.23. The van der Waals surface area contributed by atoms with Crippen molar-refractivity contribution in [3.63, 3.8) is 0 Å². The summed E-state index contributed by atoms with van der Waals surface area (Å²) in [5.41, 5.74) is 1.10. The summed E-state index contributed by atoms with van der Waals surface area (Å²) in [4.78, 5) is 35.9. The van der Waals surface area contributed by atoms with Gasteiger partial charge in [0.1, 0.15) is 11.3 Å². The fourth-order valence-electron chi connectivity index (χ4n) is 3.09. The van der Waals surface area contributed by atoms with Crippen molar-refractivity contribution in [2.24, 2.45) is 5.92 Å². The number of amides is 3. The van der Waals surface area contributed by atoms with E-state index >= 15 is 0 Å². The van der Waals surface area contributed by atoms with Crippen molar-refractivity contribution >= 4 is 17.9 Å². The van der Waals surface area contributed by atoms with Crippen LogP contribution in [0.1, 0.15) is 48.5 Å². The van der Waals surface area contributed by atoms with Crippen molar-refractivity contribution in [1.29, 1.82) is 0 Å². The SMILES string of the molecule is COc1ccc(C)cc1C(=O)OCC(=O)NC(=O)NC1CCCCC1C. The first-order valence-corrected chi connectivity index (χ1v) is 8.82. The van der Waals surface area contributed by atoms with Crippen molar-refractivity contribution in [2.45, 2.75) is 45.6 Å². The molecule has 2 unspecified atom stereocenters. The van der Waals surface area contributed by atoms with Crippen LogP contribution in [0.2, 0.25) is 0 Å². The fourth-order valence-corrected chi connectivity index (χ4v) is 3.09. The molecule has 0 aliphatic heterocycles. The van der Waals surface area contributed by atoms with E-state index in [0.717, 1.165) is 31.2 Å². The Hall–Kier alpha value is -2.57. The first-order chi connectivity index (χ1) is 12.4. The molecule has 7 nitrogen and oxygen atoms in total. The molecular weight excluding hydrogens is 336 g/mol. The van der Waals surface area contributed by atoms with Gasteiger partial charge in [-0.1, -0.05) is 31.4 Å². The number of imide groups is 1. The van der Waals surface area contributed by atoms with Gasteiger partial charge in [-0.2, -0.15) is 0 Å². The minimum atomic E-state index is -0.679. The lowest BCUT2D eigenvalue weighted by Gasteiger charge is -2.29. The maximum Gasteiger partial charge on any atom is 0.342 e. The molecule has 2 atom stereocenters. The van der Waals surface area contributed by atoms with Crippen LogP contribution < -0.4 is 15.4 Å². The van der Waals surface area contributed by atoms with E-state index in [1.165, 1.54) is 7.11 Å². The largest absolute Gasteiger partial charge is 0.496 e. The van der Waals surface area contributed by atoms with Crippen molar-refractivity contribution < 1.29 is 23.9 Å². The molecule has 0 bridgehead atoms. The molecule has 1 aliphatic rings. The van der Waals surface area contributed by atoms with E-state index in [1.807, 2.05) is 6.92 Å². The lowest BCUT2D eigenvalue weighted by atomic mass is 9.86. The number of ether oxygens (including phenoxy) is 2. The van der Waals surface area contributed by atoms with Crippen LogP contribution in [0.4, 0.5) is 4.79 Å². The second-order valence-electron chi connectivity index (χ2n) is 6.67. The van der Waals surface area contributed by atoms with Gasteiger partial charge in [-0.25, -0.2) is 9.59 Å². The van der Waals surface area contributed by atoms with E-state index in [2.05, 4.69) is 17.6 Å². The number of aryl methyl sites for hydroxylation is 1. The molecule has 2 N–H and O–H groups in total. The molecule has 0 spiro atoms. The Morgan fingerprint density at radius 3 is 2.62 bits per heavy atom. The van der Waals surface area contributed by atoms with Crippen molar-refractivity contribution in [3.05, 3.63) is 29.3 Å². The quantitative estimate of drug-likeness (QED) is 0.785. The average molecular weight is 362 g/mol. The third-order valence-electron chi connectivity index (χ3n) is 4.59. The second kappa shape index (κ2) is 9.22. The summed E-state index contributed by atoms with van der Waals surface area (Å²) in [6, 6.07) is 4.59. The van der Waals surface area contributed by atoms with Gasteiger partial charge in [-0.05, 0) is 37.8 Å². The smallest absolute Gasteiger partial charge is 0.342 e. The molecule has 7 heteroatoms. The summed E-state index contributed by atoms with van der Waals surface area (Å²) in [5, 5.41) is 5.01. The Kier molecular flexibility index (Phi) is 7.00. The minimum Gasteiger partial charge on any atom is -0.496 e. The number of methoxy groups -OCH3 is 1. The zero-order valence-corrected chi connectivity index (χ0v) is 15.5. The molecule has 26 heavy (non-hydrogen) atoms. The molecule has 1 fully saturated rings. The van der Waals surface area contributed by atoms with E-state index in [1.54, 1.807) is 18.2 Å². The number of carbonyl (C=O) groups is 3. The Labute approximate surface area is 153 Å². The van der Waals surface area contributed by atoms with E-state index in [4.69, 9.17) is 9.47 Å². The highest BCUT2D eigenvalue weighted by Gasteiger charge is 2.23. The summed E-state index contributed by atoms with van der Waals surface area (Å²) < 4.78 is 10.1. The van der Waals surface area contributed by atoms with Crippen LogP contribution in [0.3, 0.4) is 0 Å². The Morgan fingerprint density at radius 2 is 1.92 bits per heavy atom. The molecule has 3 amide bonds. The maximum absolute atomic E-state index is 12.1. The Bertz CT molecular complexity index is 674. The van der Waals surface area contributed by atoms with E-state index < -0.39 is 24.5 Å². The molecule has 0 saturated heterocycles. The standard InChI is InChI=1S/C19H26N2O5/c1-12-8-9-16(25-3)14(10-12)18(23)26-11-17(22)21-19(24)20-15-7-5-4-6-13(15)2/h8-10,13,15H,4-7,11H2,1-3H3,(H2,20,21,22,24). The Morgan fingerprint density at radius 1 is 1.19 bits per heavy atom. The average Bonchev–Trinajstić information content (AvgIpc) is 2.61. The lowest BCUT2D eigenvalue weighted by molar-refractivity contribution is -0.123. The molecule has 0 heterocycles. The van der Waals surface area contributed by atoms with Gasteiger partial charge in [-0.15, -0.1) is 0 Å². The van der Waals surface area contributed by atoms with Crippen molar-refractivity contribution in [1.82, 2.24) is 10.6 Å². The molecular formula is C19H26N2O5. The molecule has 1 aliphatic carbocycles. The highest BCUT2D eigenvalue weighted by molar-refractivity contribution is 5.98. The zero-order valence-electron chi connectivity index (χ0n) is 15.5. The molecule has 1 saturated carbocycles. The monoisotopic (exact) mass is 362 g/mol. The van der Waals surface area contributed by atoms with E-state index in [-0.39, 0.29) is 11.6 Å². The van der Waals surface area contributed by atoms with Crippen molar-refractivity contribution in [3.8, 4) is 5.75 Å². The Balaban J connectivity index is 1.82. The van der Waals surface area contributed by atoms with Crippen LogP contribution in [-0.2, 0) is 9.53 Å². The summed E-state index contributed by atoms with van der Waals surface area (Å²) in [7, 11) is 1.45. The molecule has 1 aromatic carbocycles. The van der Waals surface area contributed by atoms with Crippen LogP contribution in [-0.4, -0.2) is 37.7 Å².